The van der Waals surface area contributed by atoms with Crippen molar-refractivity contribution in [1.82, 2.24) is 20.0 Å². The summed E-state index contributed by atoms with van der Waals surface area (Å²) in [4.78, 5) is 26.1. The van der Waals surface area contributed by atoms with Gasteiger partial charge in [0, 0.05) is 19.3 Å². The maximum atomic E-state index is 12.6. The lowest BCUT2D eigenvalue weighted by molar-refractivity contribution is -0.124. The van der Waals surface area contributed by atoms with E-state index in [1.54, 1.807) is 17.9 Å². The smallest absolute Gasteiger partial charge is 0.275 e. The molecule has 21 heavy (non-hydrogen) atoms. The minimum atomic E-state index is -0.434. The third-order valence-corrected chi connectivity index (χ3v) is 4.51. The molecule has 2 heterocycles. The summed E-state index contributed by atoms with van der Waals surface area (Å²) in [5.74, 6) is -0.229. The molecule has 1 aliphatic heterocycles. The van der Waals surface area contributed by atoms with Gasteiger partial charge in [-0.15, -0.1) is 0 Å². The van der Waals surface area contributed by atoms with Crippen LogP contribution < -0.4 is 5.32 Å². The van der Waals surface area contributed by atoms with E-state index in [-0.39, 0.29) is 11.8 Å². The van der Waals surface area contributed by atoms with Gasteiger partial charge in [-0.25, -0.2) is 0 Å². The van der Waals surface area contributed by atoms with Crippen molar-refractivity contribution >= 4 is 11.8 Å². The van der Waals surface area contributed by atoms with E-state index in [2.05, 4.69) is 10.4 Å². The largest absolute Gasteiger partial charge is 0.354 e. The van der Waals surface area contributed by atoms with Crippen LogP contribution in [0.1, 0.15) is 55.6 Å². The lowest BCUT2D eigenvalue weighted by atomic mass is 10.2. The Kier molecular flexibility index (Phi) is 3.94. The van der Waals surface area contributed by atoms with Crippen LogP contribution in [0, 0.1) is 0 Å². The third-order valence-electron chi connectivity index (χ3n) is 4.51. The van der Waals surface area contributed by atoms with E-state index in [4.69, 9.17) is 0 Å². The van der Waals surface area contributed by atoms with E-state index in [0.717, 1.165) is 19.3 Å². The molecular weight excluding hydrogens is 268 g/mol. The fraction of sp³-hybridized carbons (Fsp3) is 0.667. The van der Waals surface area contributed by atoms with Crippen LogP contribution in [0.5, 0.6) is 0 Å². The van der Waals surface area contributed by atoms with E-state index in [1.807, 2.05) is 10.9 Å². The summed E-state index contributed by atoms with van der Waals surface area (Å²) < 4.78 is 1.92. The second-order valence-corrected chi connectivity index (χ2v) is 5.94. The van der Waals surface area contributed by atoms with Crippen LogP contribution >= 0.6 is 0 Å². The van der Waals surface area contributed by atoms with Crippen molar-refractivity contribution in [3.8, 4) is 0 Å². The number of rotatable bonds is 2. The summed E-state index contributed by atoms with van der Waals surface area (Å²) in [7, 11) is 0. The minimum absolute atomic E-state index is 0.0870. The first-order chi connectivity index (χ1) is 10.2. The van der Waals surface area contributed by atoms with Crippen molar-refractivity contribution in [3.05, 3.63) is 18.0 Å². The Hall–Kier alpha value is -1.85. The van der Waals surface area contributed by atoms with Gasteiger partial charge in [-0.1, -0.05) is 12.8 Å². The number of carbonyl (C=O) groups is 2. The average Bonchev–Trinajstić information content (AvgIpc) is 3.13. The van der Waals surface area contributed by atoms with Crippen molar-refractivity contribution in [2.75, 3.05) is 13.1 Å². The molecule has 0 spiro atoms. The molecule has 6 heteroatoms. The number of nitrogens with one attached hydrogen (secondary N) is 1. The second-order valence-electron chi connectivity index (χ2n) is 5.94. The van der Waals surface area contributed by atoms with E-state index in [0.29, 0.717) is 24.8 Å². The Morgan fingerprint density at radius 3 is 2.86 bits per heavy atom. The average molecular weight is 290 g/mol. The van der Waals surface area contributed by atoms with E-state index in [9.17, 15) is 9.59 Å². The van der Waals surface area contributed by atoms with Crippen molar-refractivity contribution in [2.45, 2.75) is 51.1 Å². The zero-order valence-corrected chi connectivity index (χ0v) is 12.4. The number of aromatic nitrogens is 2. The van der Waals surface area contributed by atoms with Gasteiger partial charge in [-0.2, -0.15) is 5.10 Å². The Morgan fingerprint density at radius 2 is 2.10 bits per heavy atom. The van der Waals surface area contributed by atoms with Gasteiger partial charge in [0.15, 0.2) is 0 Å². The zero-order valence-electron chi connectivity index (χ0n) is 12.4. The molecule has 2 fully saturated rings. The first-order valence-electron chi connectivity index (χ1n) is 7.80. The highest BCUT2D eigenvalue weighted by Gasteiger charge is 2.30. The highest BCUT2D eigenvalue weighted by molar-refractivity contribution is 5.96. The normalized spacial score (nSPS) is 24.0. The third kappa shape index (κ3) is 2.80. The molecule has 1 unspecified atom stereocenters. The topological polar surface area (TPSA) is 67.2 Å². The van der Waals surface area contributed by atoms with Gasteiger partial charge < -0.3 is 10.2 Å². The first-order valence-corrected chi connectivity index (χ1v) is 7.80. The highest BCUT2D eigenvalue weighted by Crippen LogP contribution is 2.28. The van der Waals surface area contributed by atoms with Crippen LogP contribution in [0.2, 0.25) is 0 Å². The summed E-state index contributed by atoms with van der Waals surface area (Å²) in [5.41, 5.74) is 0.448. The van der Waals surface area contributed by atoms with Gasteiger partial charge in [0.25, 0.3) is 5.91 Å². The SMILES string of the molecule is CC1C(=O)NCCCN1C(=O)c1ccn(C2CCCC2)n1. The van der Waals surface area contributed by atoms with Gasteiger partial charge in [-0.05, 0) is 32.3 Å². The van der Waals surface area contributed by atoms with Gasteiger partial charge in [0.1, 0.15) is 11.7 Å². The predicted octanol–water partition coefficient (Wildman–Crippen LogP) is 1.35. The summed E-state index contributed by atoms with van der Waals surface area (Å²) in [5, 5.41) is 7.27. The van der Waals surface area contributed by atoms with E-state index in [1.165, 1.54) is 12.8 Å². The predicted molar refractivity (Wildman–Crippen MR) is 77.9 cm³/mol. The van der Waals surface area contributed by atoms with Crippen LogP contribution in [0.4, 0.5) is 0 Å². The Bertz CT molecular complexity index is 534. The Balaban J connectivity index is 1.76. The molecule has 0 aromatic carbocycles. The molecule has 0 bridgehead atoms. The molecule has 1 aromatic heterocycles. The molecule has 0 radical (unpaired) electrons. The van der Waals surface area contributed by atoms with Gasteiger partial charge in [0.2, 0.25) is 5.91 Å². The van der Waals surface area contributed by atoms with Crippen molar-refractivity contribution in [3.63, 3.8) is 0 Å². The number of carbonyl (C=O) groups excluding carboxylic acids is 2. The Morgan fingerprint density at radius 1 is 1.33 bits per heavy atom. The molecule has 2 aliphatic rings. The summed E-state index contributed by atoms with van der Waals surface area (Å²) in [6.45, 7) is 2.99. The molecule has 1 saturated carbocycles. The molecule has 1 N–H and O–H groups in total. The van der Waals surface area contributed by atoms with Crippen molar-refractivity contribution in [2.24, 2.45) is 0 Å². The van der Waals surface area contributed by atoms with Gasteiger partial charge in [0.05, 0.1) is 6.04 Å². The number of hydrogen-bond acceptors (Lipinski definition) is 3. The molecule has 3 rings (SSSR count). The number of amides is 2. The maximum Gasteiger partial charge on any atom is 0.275 e. The van der Waals surface area contributed by atoms with Gasteiger partial charge in [-0.3, -0.25) is 14.3 Å². The molecule has 6 nitrogen and oxygen atoms in total. The molecule has 2 amide bonds. The standard InChI is InChI=1S/C15H22N4O2/c1-11-14(20)16-8-4-9-18(11)15(21)13-7-10-19(17-13)12-5-2-3-6-12/h7,10-12H,2-6,8-9H2,1H3,(H,16,20). The fourth-order valence-electron chi connectivity index (χ4n) is 3.19. The minimum Gasteiger partial charge on any atom is -0.354 e. The van der Waals surface area contributed by atoms with Crippen LogP contribution in [0.3, 0.4) is 0 Å². The van der Waals surface area contributed by atoms with Crippen molar-refractivity contribution in [1.29, 1.82) is 0 Å². The first kappa shape index (κ1) is 14.1. The lowest BCUT2D eigenvalue weighted by Crippen LogP contribution is -2.45. The highest BCUT2D eigenvalue weighted by atomic mass is 16.2. The molecule has 1 saturated heterocycles. The lowest BCUT2D eigenvalue weighted by Gasteiger charge is -2.24. The molecular formula is C15H22N4O2. The maximum absolute atomic E-state index is 12.6. The molecule has 1 atom stereocenters. The van der Waals surface area contributed by atoms with Crippen molar-refractivity contribution < 1.29 is 9.59 Å². The summed E-state index contributed by atoms with van der Waals surface area (Å²) >= 11 is 0. The summed E-state index contributed by atoms with van der Waals surface area (Å²) in [6, 6.07) is 1.77. The van der Waals surface area contributed by atoms with E-state index < -0.39 is 6.04 Å². The fourth-order valence-corrected chi connectivity index (χ4v) is 3.19. The molecule has 114 valence electrons. The molecule has 1 aliphatic carbocycles. The quantitative estimate of drug-likeness (QED) is 0.894. The summed E-state index contributed by atoms with van der Waals surface area (Å²) in [6.07, 6.45) is 7.42. The van der Waals surface area contributed by atoms with Crippen LogP contribution in [-0.2, 0) is 4.79 Å². The Labute approximate surface area is 124 Å². The monoisotopic (exact) mass is 290 g/mol. The van der Waals surface area contributed by atoms with Crippen LogP contribution in [-0.4, -0.2) is 45.6 Å². The van der Waals surface area contributed by atoms with Gasteiger partial charge >= 0.3 is 0 Å². The number of nitrogens with zero attached hydrogens (tertiary/aromatic N) is 3. The molecule has 1 aromatic rings. The number of hydrogen-bond donors (Lipinski definition) is 1. The zero-order chi connectivity index (χ0) is 14.8. The second kappa shape index (κ2) is 5.87. The van der Waals surface area contributed by atoms with Crippen LogP contribution in [0.15, 0.2) is 12.3 Å². The van der Waals surface area contributed by atoms with E-state index >= 15 is 0 Å². The van der Waals surface area contributed by atoms with Crippen LogP contribution in [0.25, 0.3) is 0 Å².